The van der Waals surface area contributed by atoms with Gasteiger partial charge in [-0.2, -0.15) is 0 Å². The Morgan fingerprint density at radius 3 is 2.63 bits per heavy atom. The van der Waals surface area contributed by atoms with Crippen LogP contribution in [0.3, 0.4) is 0 Å². The molecule has 0 bridgehead atoms. The molecule has 30 heavy (non-hydrogen) atoms. The van der Waals surface area contributed by atoms with Crippen LogP contribution in [0.4, 0.5) is 5.69 Å². The van der Waals surface area contributed by atoms with Crippen molar-refractivity contribution in [1.82, 2.24) is 4.98 Å². The van der Waals surface area contributed by atoms with Crippen molar-refractivity contribution < 1.29 is 4.42 Å². The van der Waals surface area contributed by atoms with Crippen LogP contribution >= 0.6 is 15.9 Å². The summed E-state index contributed by atoms with van der Waals surface area (Å²) in [6.07, 6.45) is 5.72. The highest BCUT2D eigenvalue weighted by molar-refractivity contribution is 9.10. The summed E-state index contributed by atoms with van der Waals surface area (Å²) in [6.45, 7) is 0. The topological polar surface area (TPSA) is 38.4 Å². The van der Waals surface area contributed by atoms with Gasteiger partial charge in [0, 0.05) is 16.3 Å². The number of hydrogen-bond donors (Lipinski definition) is 0. The number of halogens is 1. The number of oxazole rings is 1. The van der Waals surface area contributed by atoms with Gasteiger partial charge in [-0.3, -0.25) is 4.99 Å². The van der Waals surface area contributed by atoms with Crippen LogP contribution in [0.2, 0.25) is 0 Å². The minimum absolute atomic E-state index is 0.617. The average molecular weight is 453 g/mol. The molecule has 0 spiro atoms. The van der Waals surface area contributed by atoms with Crippen LogP contribution in [0, 0.1) is 0 Å². The zero-order valence-electron chi connectivity index (χ0n) is 16.0. The second-order valence-electron chi connectivity index (χ2n) is 6.93. The lowest BCUT2D eigenvalue weighted by Gasteiger charge is -1.99. The smallest absolute Gasteiger partial charge is 0.227 e. The Labute approximate surface area is 182 Å². The number of fused-ring (bicyclic) bond motifs is 2. The highest BCUT2D eigenvalue weighted by Gasteiger charge is 2.09. The fourth-order valence-electron chi connectivity index (χ4n) is 3.34. The van der Waals surface area contributed by atoms with Gasteiger partial charge < -0.3 is 4.42 Å². The molecule has 0 radical (unpaired) electrons. The molecule has 0 unspecified atom stereocenters. The van der Waals surface area contributed by atoms with E-state index in [0.717, 1.165) is 32.4 Å². The zero-order chi connectivity index (χ0) is 20.3. The van der Waals surface area contributed by atoms with Gasteiger partial charge in [-0.15, -0.1) is 0 Å². The van der Waals surface area contributed by atoms with Crippen molar-refractivity contribution in [3.63, 3.8) is 0 Å². The lowest BCUT2D eigenvalue weighted by molar-refractivity contribution is 0.620. The Hall–Kier alpha value is -3.50. The number of benzene rings is 4. The van der Waals surface area contributed by atoms with Crippen LogP contribution < -0.4 is 0 Å². The second kappa shape index (κ2) is 8.09. The van der Waals surface area contributed by atoms with E-state index >= 15 is 0 Å². The third-order valence-electron chi connectivity index (χ3n) is 4.81. The first-order valence-corrected chi connectivity index (χ1v) is 10.4. The monoisotopic (exact) mass is 452 g/mol. The summed E-state index contributed by atoms with van der Waals surface area (Å²) >= 11 is 3.48. The Kier molecular flexibility index (Phi) is 4.99. The van der Waals surface area contributed by atoms with E-state index in [0.29, 0.717) is 5.89 Å². The largest absolute Gasteiger partial charge is 0.436 e. The van der Waals surface area contributed by atoms with E-state index in [2.05, 4.69) is 56.2 Å². The molecule has 0 aliphatic heterocycles. The van der Waals surface area contributed by atoms with Gasteiger partial charge in [0.15, 0.2) is 5.58 Å². The van der Waals surface area contributed by atoms with E-state index in [1.807, 2.05) is 66.7 Å². The van der Waals surface area contributed by atoms with E-state index in [1.165, 1.54) is 10.8 Å². The van der Waals surface area contributed by atoms with Gasteiger partial charge in [0.25, 0.3) is 0 Å². The van der Waals surface area contributed by atoms with E-state index in [1.54, 1.807) is 6.21 Å². The van der Waals surface area contributed by atoms with Gasteiger partial charge in [0.05, 0.1) is 5.69 Å². The predicted octanol–water partition coefficient (Wildman–Crippen LogP) is 7.83. The quantitative estimate of drug-likeness (QED) is 0.260. The van der Waals surface area contributed by atoms with Crippen LogP contribution in [0.25, 0.3) is 39.4 Å². The van der Waals surface area contributed by atoms with Crippen LogP contribution in [-0.4, -0.2) is 11.2 Å². The Balaban J connectivity index is 1.39. The summed E-state index contributed by atoms with van der Waals surface area (Å²) in [7, 11) is 0. The van der Waals surface area contributed by atoms with Crippen LogP contribution in [-0.2, 0) is 0 Å². The van der Waals surface area contributed by atoms with Gasteiger partial charge in [-0.25, -0.2) is 4.98 Å². The third kappa shape index (κ3) is 3.95. The maximum Gasteiger partial charge on any atom is 0.227 e. The normalized spacial score (nSPS) is 11.9. The molecule has 5 aromatic rings. The molecule has 3 nitrogen and oxygen atoms in total. The summed E-state index contributed by atoms with van der Waals surface area (Å²) in [6, 6.07) is 28.4. The highest BCUT2D eigenvalue weighted by atomic mass is 79.9. The summed E-state index contributed by atoms with van der Waals surface area (Å²) in [5, 5.41) is 2.37. The third-order valence-corrected chi connectivity index (χ3v) is 5.31. The second-order valence-corrected chi connectivity index (χ2v) is 7.84. The SMILES string of the molecule is Brc1cccc(/C=C/C=Nc2ccc3oc(-c4ccc5ccccc5c4)nc3c2)c1. The fraction of sp³-hybridized carbons (Fsp3) is 0. The molecule has 0 aliphatic carbocycles. The average Bonchev–Trinajstić information content (AvgIpc) is 3.20. The van der Waals surface area contributed by atoms with E-state index in [4.69, 9.17) is 4.42 Å². The molecule has 0 aliphatic rings. The van der Waals surface area contributed by atoms with Crippen LogP contribution in [0.1, 0.15) is 5.56 Å². The summed E-state index contributed by atoms with van der Waals surface area (Å²) in [5.74, 6) is 0.617. The minimum atomic E-state index is 0.617. The molecule has 144 valence electrons. The van der Waals surface area contributed by atoms with Crippen molar-refractivity contribution in [1.29, 1.82) is 0 Å². The number of rotatable bonds is 4. The molecular weight excluding hydrogens is 436 g/mol. The van der Waals surface area contributed by atoms with Gasteiger partial charge in [-0.05, 0) is 64.9 Å². The van der Waals surface area contributed by atoms with Crippen molar-refractivity contribution in [2.45, 2.75) is 0 Å². The lowest BCUT2D eigenvalue weighted by Crippen LogP contribution is -1.78. The Morgan fingerprint density at radius 1 is 0.833 bits per heavy atom. The van der Waals surface area contributed by atoms with Crippen molar-refractivity contribution in [3.05, 3.63) is 101 Å². The summed E-state index contributed by atoms with van der Waals surface area (Å²) in [5.41, 5.74) is 4.46. The number of allylic oxidation sites excluding steroid dienone is 1. The molecule has 0 atom stereocenters. The van der Waals surface area contributed by atoms with Crippen LogP contribution in [0.5, 0.6) is 0 Å². The van der Waals surface area contributed by atoms with Gasteiger partial charge in [0.1, 0.15) is 5.52 Å². The summed E-state index contributed by atoms with van der Waals surface area (Å²) < 4.78 is 7.03. The lowest BCUT2D eigenvalue weighted by atomic mass is 10.1. The number of hydrogen-bond acceptors (Lipinski definition) is 3. The van der Waals surface area contributed by atoms with Gasteiger partial charge in [0.2, 0.25) is 5.89 Å². The molecule has 0 saturated heterocycles. The van der Waals surface area contributed by atoms with Crippen molar-refractivity contribution in [3.8, 4) is 11.5 Å². The molecule has 0 fully saturated rings. The molecule has 1 heterocycles. The van der Waals surface area contributed by atoms with Crippen molar-refractivity contribution >= 4 is 55.8 Å². The van der Waals surface area contributed by atoms with E-state index < -0.39 is 0 Å². The molecule has 0 saturated carbocycles. The van der Waals surface area contributed by atoms with Crippen molar-refractivity contribution in [2.75, 3.05) is 0 Å². The number of aliphatic imine (C=N–C) groups is 1. The number of aromatic nitrogens is 1. The molecule has 0 amide bonds. The minimum Gasteiger partial charge on any atom is -0.436 e. The van der Waals surface area contributed by atoms with Gasteiger partial charge in [-0.1, -0.05) is 64.5 Å². The zero-order valence-corrected chi connectivity index (χ0v) is 17.6. The molecular formula is C26H17BrN2O. The molecule has 4 heteroatoms. The fourth-order valence-corrected chi connectivity index (χ4v) is 3.75. The molecule has 1 aromatic heterocycles. The predicted molar refractivity (Wildman–Crippen MR) is 128 cm³/mol. The molecule has 5 rings (SSSR count). The first kappa shape index (κ1) is 18.5. The Bertz CT molecular complexity index is 1420. The molecule has 4 aromatic carbocycles. The number of nitrogens with zero attached hydrogens (tertiary/aromatic N) is 2. The molecule has 0 N–H and O–H groups in total. The van der Waals surface area contributed by atoms with Crippen LogP contribution in [0.15, 0.2) is 105 Å². The first-order valence-electron chi connectivity index (χ1n) is 9.61. The first-order chi connectivity index (χ1) is 14.7. The highest BCUT2D eigenvalue weighted by Crippen LogP contribution is 2.29. The summed E-state index contributed by atoms with van der Waals surface area (Å²) in [4.78, 5) is 9.18. The maximum atomic E-state index is 5.97. The Morgan fingerprint density at radius 2 is 1.73 bits per heavy atom. The standard InChI is InChI=1S/C26H17BrN2O/c27-22-9-3-5-18(15-22)6-4-14-28-23-12-13-25-24(17-23)29-26(30-25)21-11-10-19-7-1-2-8-20(19)16-21/h1-17H/b6-4+,28-14?. The van der Waals surface area contributed by atoms with Crippen molar-refractivity contribution in [2.24, 2.45) is 4.99 Å². The van der Waals surface area contributed by atoms with E-state index in [9.17, 15) is 0 Å². The van der Waals surface area contributed by atoms with E-state index in [-0.39, 0.29) is 0 Å². The van der Waals surface area contributed by atoms with Gasteiger partial charge >= 0.3 is 0 Å². The maximum absolute atomic E-state index is 5.97.